The summed E-state index contributed by atoms with van der Waals surface area (Å²) in [6.07, 6.45) is 3.77. The number of thiophene rings is 1. The van der Waals surface area contributed by atoms with Gasteiger partial charge in [-0.2, -0.15) is 0 Å². The minimum absolute atomic E-state index is 0.0345. The molecule has 1 aromatic carbocycles. The molecule has 2 heterocycles. The lowest BCUT2D eigenvalue weighted by atomic mass is 10.1. The van der Waals surface area contributed by atoms with E-state index in [2.05, 4.69) is 45.4 Å². The molecule has 134 valence electrons. The normalized spacial score (nSPS) is 14.8. The van der Waals surface area contributed by atoms with Crippen LogP contribution in [-0.4, -0.2) is 51.1 Å². The number of anilines is 1. The summed E-state index contributed by atoms with van der Waals surface area (Å²) in [5.74, 6) is 0.0345. The van der Waals surface area contributed by atoms with E-state index in [1.807, 2.05) is 20.2 Å². The Balaban J connectivity index is 1.85. The summed E-state index contributed by atoms with van der Waals surface area (Å²) in [6.45, 7) is 3.69. The first-order chi connectivity index (χ1) is 12.1. The number of rotatable bonds is 6. The maximum Gasteiger partial charge on any atom is 0.261 e. The van der Waals surface area contributed by atoms with Gasteiger partial charge in [0.2, 0.25) is 0 Å². The number of likely N-dealkylation sites (N-methyl/N-ethyl adjacent to an activating group) is 1. The lowest BCUT2D eigenvalue weighted by Crippen LogP contribution is -2.31. The number of hydrogen-bond acceptors (Lipinski definition) is 4. The highest BCUT2D eigenvalue weighted by Gasteiger charge is 2.21. The molecule has 0 spiro atoms. The van der Waals surface area contributed by atoms with Gasteiger partial charge in [0, 0.05) is 31.7 Å². The molecule has 4 nitrogen and oxygen atoms in total. The molecular formula is C20H27N3OS. The van der Waals surface area contributed by atoms with Gasteiger partial charge in [0.15, 0.2) is 0 Å². The number of piperidine rings is 1. The molecule has 1 amide bonds. The third-order valence-electron chi connectivity index (χ3n) is 4.51. The topological polar surface area (TPSA) is 35.6 Å². The summed E-state index contributed by atoms with van der Waals surface area (Å²) in [7, 11) is 4.03. The molecule has 0 saturated carbocycles. The van der Waals surface area contributed by atoms with Gasteiger partial charge in [-0.05, 0) is 45.0 Å². The Morgan fingerprint density at radius 2 is 1.88 bits per heavy atom. The lowest BCUT2D eigenvalue weighted by molar-refractivity contribution is 0.0955. The second-order valence-electron chi connectivity index (χ2n) is 6.80. The molecule has 1 saturated heterocycles. The summed E-state index contributed by atoms with van der Waals surface area (Å²) < 4.78 is 0. The molecule has 1 aromatic heterocycles. The van der Waals surface area contributed by atoms with Crippen LogP contribution in [0, 0.1) is 0 Å². The molecule has 0 unspecified atom stereocenters. The van der Waals surface area contributed by atoms with Crippen molar-refractivity contribution in [3.05, 3.63) is 41.3 Å². The zero-order valence-corrected chi connectivity index (χ0v) is 15.9. The number of benzene rings is 1. The minimum atomic E-state index is 0.0345. The lowest BCUT2D eigenvalue weighted by Gasteiger charge is -2.28. The predicted molar refractivity (Wildman–Crippen MR) is 107 cm³/mol. The number of nitrogens with one attached hydrogen (secondary N) is 1. The fourth-order valence-electron chi connectivity index (χ4n) is 3.13. The fraction of sp³-hybridized carbons (Fsp3) is 0.450. The Morgan fingerprint density at radius 1 is 1.16 bits per heavy atom. The van der Waals surface area contributed by atoms with E-state index in [1.165, 1.54) is 35.4 Å². The van der Waals surface area contributed by atoms with Crippen molar-refractivity contribution < 1.29 is 4.79 Å². The SMILES string of the molecule is CN(C)CCNC(=O)c1cc(-c2ccccc2)c(N2CCCCC2)s1. The van der Waals surface area contributed by atoms with Gasteiger partial charge in [-0.15, -0.1) is 11.3 Å². The van der Waals surface area contributed by atoms with E-state index in [4.69, 9.17) is 0 Å². The fourth-order valence-corrected chi connectivity index (χ4v) is 4.28. The second-order valence-corrected chi connectivity index (χ2v) is 7.83. The monoisotopic (exact) mass is 357 g/mol. The van der Waals surface area contributed by atoms with Crippen molar-refractivity contribution in [1.29, 1.82) is 0 Å². The number of hydrogen-bond donors (Lipinski definition) is 1. The third-order valence-corrected chi connectivity index (χ3v) is 5.70. The van der Waals surface area contributed by atoms with Crippen molar-refractivity contribution >= 4 is 22.2 Å². The molecule has 0 radical (unpaired) electrons. The number of carbonyl (C=O) groups is 1. The third kappa shape index (κ3) is 4.61. The molecule has 0 atom stereocenters. The second kappa shape index (κ2) is 8.50. The molecule has 1 fully saturated rings. The van der Waals surface area contributed by atoms with Crippen molar-refractivity contribution in [2.24, 2.45) is 0 Å². The van der Waals surface area contributed by atoms with Gasteiger partial charge in [-0.3, -0.25) is 4.79 Å². The van der Waals surface area contributed by atoms with Crippen LogP contribution in [0.2, 0.25) is 0 Å². The largest absolute Gasteiger partial charge is 0.363 e. The molecule has 1 N–H and O–H groups in total. The Hall–Kier alpha value is -1.85. The zero-order valence-electron chi connectivity index (χ0n) is 15.1. The Labute approximate surface area is 154 Å². The Bertz CT molecular complexity index is 690. The molecular weight excluding hydrogens is 330 g/mol. The van der Waals surface area contributed by atoms with Crippen molar-refractivity contribution in [2.75, 3.05) is 45.2 Å². The van der Waals surface area contributed by atoms with Gasteiger partial charge in [-0.1, -0.05) is 30.3 Å². The number of carbonyl (C=O) groups excluding carboxylic acids is 1. The van der Waals surface area contributed by atoms with E-state index in [1.54, 1.807) is 11.3 Å². The van der Waals surface area contributed by atoms with Gasteiger partial charge in [0.25, 0.3) is 5.91 Å². The van der Waals surface area contributed by atoms with E-state index >= 15 is 0 Å². The minimum Gasteiger partial charge on any atom is -0.363 e. The van der Waals surface area contributed by atoms with Crippen LogP contribution in [0.1, 0.15) is 28.9 Å². The molecule has 0 bridgehead atoms. The highest BCUT2D eigenvalue weighted by atomic mass is 32.1. The summed E-state index contributed by atoms with van der Waals surface area (Å²) >= 11 is 1.63. The van der Waals surface area contributed by atoms with E-state index in [9.17, 15) is 4.79 Å². The van der Waals surface area contributed by atoms with Crippen LogP contribution in [0.5, 0.6) is 0 Å². The van der Waals surface area contributed by atoms with Crippen molar-refractivity contribution in [1.82, 2.24) is 10.2 Å². The van der Waals surface area contributed by atoms with Gasteiger partial charge >= 0.3 is 0 Å². The molecule has 25 heavy (non-hydrogen) atoms. The van der Waals surface area contributed by atoms with Crippen LogP contribution in [0.25, 0.3) is 11.1 Å². The maximum absolute atomic E-state index is 12.6. The van der Waals surface area contributed by atoms with Crippen molar-refractivity contribution in [3.63, 3.8) is 0 Å². The molecule has 1 aliphatic heterocycles. The smallest absolute Gasteiger partial charge is 0.261 e. The van der Waals surface area contributed by atoms with E-state index in [-0.39, 0.29) is 5.91 Å². The van der Waals surface area contributed by atoms with Crippen molar-refractivity contribution in [2.45, 2.75) is 19.3 Å². The summed E-state index contributed by atoms with van der Waals surface area (Å²) in [6, 6.07) is 12.5. The van der Waals surface area contributed by atoms with Gasteiger partial charge in [0.05, 0.1) is 9.88 Å². The van der Waals surface area contributed by atoms with Crippen LogP contribution >= 0.6 is 11.3 Å². The molecule has 3 rings (SSSR count). The first-order valence-corrected chi connectivity index (χ1v) is 9.84. The van der Waals surface area contributed by atoms with Crippen LogP contribution in [-0.2, 0) is 0 Å². The number of nitrogens with zero attached hydrogens (tertiary/aromatic N) is 2. The molecule has 5 heteroatoms. The Morgan fingerprint density at radius 3 is 2.56 bits per heavy atom. The van der Waals surface area contributed by atoms with Crippen molar-refractivity contribution in [3.8, 4) is 11.1 Å². The highest BCUT2D eigenvalue weighted by Crippen LogP contribution is 2.40. The average molecular weight is 358 g/mol. The average Bonchev–Trinajstić information content (AvgIpc) is 3.08. The zero-order chi connectivity index (χ0) is 17.6. The summed E-state index contributed by atoms with van der Waals surface area (Å²) in [4.78, 5) is 17.9. The van der Waals surface area contributed by atoms with E-state index < -0.39 is 0 Å². The van der Waals surface area contributed by atoms with Crippen LogP contribution in [0.15, 0.2) is 36.4 Å². The molecule has 2 aromatic rings. The van der Waals surface area contributed by atoms with Crippen LogP contribution in [0.3, 0.4) is 0 Å². The van der Waals surface area contributed by atoms with Crippen LogP contribution in [0.4, 0.5) is 5.00 Å². The highest BCUT2D eigenvalue weighted by molar-refractivity contribution is 7.18. The standard InChI is InChI=1S/C20H27N3OS/c1-22(2)14-11-21-19(24)18-15-17(16-9-5-3-6-10-16)20(25-18)23-12-7-4-8-13-23/h3,5-6,9-10,15H,4,7-8,11-14H2,1-2H3,(H,21,24). The first-order valence-electron chi connectivity index (χ1n) is 9.02. The van der Waals surface area contributed by atoms with E-state index in [0.29, 0.717) is 6.54 Å². The maximum atomic E-state index is 12.6. The summed E-state index contributed by atoms with van der Waals surface area (Å²) in [5, 5.41) is 4.28. The van der Waals surface area contributed by atoms with Gasteiger partial charge < -0.3 is 15.1 Å². The summed E-state index contributed by atoms with van der Waals surface area (Å²) in [5.41, 5.74) is 2.37. The molecule has 0 aliphatic carbocycles. The van der Waals surface area contributed by atoms with Gasteiger partial charge in [-0.25, -0.2) is 0 Å². The van der Waals surface area contributed by atoms with E-state index in [0.717, 1.165) is 24.5 Å². The number of amides is 1. The predicted octanol–water partition coefficient (Wildman–Crippen LogP) is 3.70. The molecule has 1 aliphatic rings. The quantitative estimate of drug-likeness (QED) is 0.856. The van der Waals surface area contributed by atoms with Crippen LogP contribution < -0.4 is 10.2 Å². The first kappa shape index (κ1) is 18.0. The van der Waals surface area contributed by atoms with Gasteiger partial charge in [0.1, 0.15) is 0 Å². The Kier molecular flexibility index (Phi) is 6.10.